The molecule has 0 aliphatic carbocycles. The van der Waals surface area contributed by atoms with Gasteiger partial charge in [-0.15, -0.1) is 12.4 Å². The van der Waals surface area contributed by atoms with E-state index >= 15 is 0 Å². The molecule has 9 heteroatoms. The molecule has 1 aliphatic heterocycles. The summed E-state index contributed by atoms with van der Waals surface area (Å²) >= 11 is 1.04. The molecule has 1 aromatic heterocycles. The fourth-order valence-corrected chi connectivity index (χ4v) is 4.68. The zero-order valence-corrected chi connectivity index (χ0v) is 13.3. The first-order valence-corrected chi connectivity index (χ1v) is 8.21. The smallest absolute Gasteiger partial charge is 0.245 e. The number of aromatic nitrogens is 2. The summed E-state index contributed by atoms with van der Waals surface area (Å²) in [5.41, 5.74) is 1.10. The van der Waals surface area contributed by atoms with Crippen LogP contribution in [0.3, 0.4) is 0 Å². The fraction of sp³-hybridized carbons (Fsp3) is 0.455. The molecule has 0 spiro atoms. The van der Waals surface area contributed by atoms with E-state index in [1.165, 1.54) is 4.31 Å². The van der Waals surface area contributed by atoms with Crippen LogP contribution in [0.1, 0.15) is 6.92 Å². The lowest BCUT2D eigenvalue weighted by Crippen LogP contribution is -2.52. The van der Waals surface area contributed by atoms with E-state index in [0.717, 1.165) is 11.7 Å². The van der Waals surface area contributed by atoms with Crippen molar-refractivity contribution in [1.82, 2.24) is 18.4 Å². The molecule has 1 aliphatic rings. The van der Waals surface area contributed by atoms with Gasteiger partial charge in [0.2, 0.25) is 10.0 Å². The Labute approximate surface area is 128 Å². The summed E-state index contributed by atoms with van der Waals surface area (Å²) < 4.78 is 35.2. The molecule has 0 unspecified atom stereocenters. The molecule has 1 aromatic carbocycles. The van der Waals surface area contributed by atoms with Crippen molar-refractivity contribution in [2.75, 3.05) is 19.6 Å². The summed E-state index contributed by atoms with van der Waals surface area (Å²) in [7, 11) is -3.51. The number of nitrogens with one attached hydrogen (secondary N) is 1. The van der Waals surface area contributed by atoms with Crippen molar-refractivity contribution >= 4 is 45.2 Å². The number of fused-ring (bicyclic) bond motifs is 1. The van der Waals surface area contributed by atoms with Crippen LogP contribution in [0.25, 0.3) is 11.0 Å². The van der Waals surface area contributed by atoms with Gasteiger partial charge in [0.05, 0.1) is 11.7 Å². The number of hydrogen-bond donors (Lipinski definition) is 1. The van der Waals surface area contributed by atoms with Crippen molar-refractivity contribution < 1.29 is 8.42 Å². The molecule has 1 saturated heterocycles. The molecule has 110 valence electrons. The van der Waals surface area contributed by atoms with Crippen molar-refractivity contribution in [3.05, 3.63) is 18.2 Å². The predicted octanol–water partition coefficient (Wildman–Crippen LogP) is 1.10. The van der Waals surface area contributed by atoms with Gasteiger partial charge in [0, 0.05) is 25.7 Å². The number of rotatable bonds is 2. The fourth-order valence-electron chi connectivity index (χ4n) is 2.30. The Kier molecular flexibility index (Phi) is 4.60. The molecular formula is C11H15ClN4O2S2. The highest BCUT2D eigenvalue weighted by Crippen LogP contribution is 2.25. The lowest BCUT2D eigenvalue weighted by molar-refractivity contribution is 0.284. The first-order valence-electron chi connectivity index (χ1n) is 6.04. The van der Waals surface area contributed by atoms with E-state index in [1.807, 2.05) is 6.92 Å². The average molecular weight is 335 g/mol. The molecule has 0 amide bonds. The van der Waals surface area contributed by atoms with Gasteiger partial charge in [-0.1, -0.05) is 6.07 Å². The van der Waals surface area contributed by atoms with Gasteiger partial charge in [0.25, 0.3) is 0 Å². The highest BCUT2D eigenvalue weighted by Gasteiger charge is 2.32. The molecular weight excluding hydrogens is 320 g/mol. The Hall–Kier alpha value is -0.800. The van der Waals surface area contributed by atoms with Gasteiger partial charge in [0.15, 0.2) is 0 Å². The number of nitrogens with zero attached hydrogens (tertiary/aromatic N) is 3. The number of benzene rings is 1. The summed E-state index contributed by atoms with van der Waals surface area (Å²) in [4.78, 5) is 0.257. The summed E-state index contributed by atoms with van der Waals surface area (Å²) in [5, 5.41) is 3.19. The van der Waals surface area contributed by atoms with E-state index in [4.69, 9.17) is 0 Å². The van der Waals surface area contributed by atoms with Gasteiger partial charge >= 0.3 is 0 Å². The zero-order chi connectivity index (χ0) is 13.5. The first kappa shape index (κ1) is 15.6. The van der Waals surface area contributed by atoms with E-state index in [9.17, 15) is 8.42 Å². The summed E-state index contributed by atoms with van der Waals surface area (Å²) in [5.74, 6) is 0. The van der Waals surface area contributed by atoms with Gasteiger partial charge in [-0.05, 0) is 19.1 Å². The zero-order valence-electron chi connectivity index (χ0n) is 10.8. The number of piperazine rings is 1. The van der Waals surface area contributed by atoms with Crippen LogP contribution in [-0.2, 0) is 10.0 Å². The van der Waals surface area contributed by atoms with Gasteiger partial charge < -0.3 is 5.32 Å². The SMILES string of the molecule is C[C@@H]1CNCCN1S(=O)(=O)c1cccc2nsnc12.Cl. The highest BCUT2D eigenvalue weighted by atomic mass is 35.5. The molecule has 2 aromatic rings. The van der Waals surface area contributed by atoms with Gasteiger partial charge in [-0.2, -0.15) is 13.1 Å². The topological polar surface area (TPSA) is 75.2 Å². The van der Waals surface area contributed by atoms with Crippen molar-refractivity contribution in [3.8, 4) is 0 Å². The largest absolute Gasteiger partial charge is 0.314 e. The standard InChI is InChI=1S/C11H14N4O2S2.ClH/c1-8-7-12-5-6-15(8)19(16,17)10-4-2-3-9-11(10)14-18-13-9;/h2-4,8,12H,5-7H2,1H3;1H/t8-;/m1./s1. The van der Waals surface area contributed by atoms with Crippen LogP contribution >= 0.6 is 24.1 Å². The molecule has 0 saturated carbocycles. The summed E-state index contributed by atoms with van der Waals surface area (Å²) in [6.45, 7) is 3.74. The summed E-state index contributed by atoms with van der Waals surface area (Å²) in [6.07, 6.45) is 0. The third kappa shape index (κ3) is 2.53. The maximum absolute atomic E-state index is 12.7. The Morgan fingerprint density at radius 1 is 1.40 bits per heavy atom. The number of hydrogen-bond acceptors (Lipinski definition) is 6. The van der Waals surface area contributed by atoms with E-state index in [1.54, 1.807) is 18.2 Å². The van der Waals surface area contributed by atoms with Crippen LogP contribution in [0.2, 0.25) is 0 Å². The van der Waals surface area contributed by atoms with E-state index in [2.05, 4.69) is 14.1 Å². The number of sulfonamides is 1. The Bertz CT molecular complexity index is 703. The predicted molar refractivity (Wildman–Crippen MR) is 80.9 cm³/mol. The van der Waals surface area contributed by atoms with Crippen LogP contribution in [-0.4, -0.2) is 47.1 Å². The minimum atomic E-state index is -3.51. The third-order valence-electron chi connectivity index (χ3n) is 3.28. The Morgan fingerprint density at radius 2 is 2.20 bits per heavy atom. The van der Waals surface area contributed by atoms with Crippen LogP contribution in [0.4, 0.5) is 0 Å². The van der Waals surface area contributed by atoms with E-state index in [-0.39, 0.29) is 23.3 Å². The maximum atomic E-state index is 12.7. The normalized spacial score (nSPS) is 20.8. The van der Waals surface area contributed by atoms with E-state index in [0.29, 0.717) is 30.7 Å². The van der Waals surface area contributed by atoms with Crippen LogP contribution < -0.4 is 5.32 Å². The second kappa shape index (κ2) is 5.90. The summed E-state index contributed by atoms with van der Waals surface area (Å²) in [6, 6.07) is 5.04. The third-order valence-corrected chi connectivity index (χ3v) is 5.86. The minimum absolute atomic E-state index is 0. The monoisotopic (exact) mass is 334 g/mol. The molecule has 1 fully saturated rings. The maximum Gasteiger partial charge on any atom is 0.245 e. The van der Waals surface area contributed by atoms with Crippen LogP contribution in [0.5, 0.6) is 0 Å². The van der Waals surface area contributed by atoms with Crippen molar-refractivity contribution in [2.45, 2.75) is 17.9 Å². The van der Waals surface area contributed by atoms with Crippen molar-refractivity contribution in [2.24, 2.45) is 0 Å². The van der Waals surface area contributed by atoms with Crippen LogP contribution in [0, 0.1) is 0 Å². The molecule has 2 heterocycles. The quantitative estimate of drug-likeness (QED) is 0.890. The average Bonchev–Trinajstić information content (AvgIpc) is 2.86. The molecule has 0 radical (unpaired) electrons. The lowest BCUT2D eigenvalue weighted by Gasteiger charge is -2.32. The molecule has 3 rings (SSSR count). The van der Waals surface area contributed by atoms with Gasteiger partial charge in [0.1, 0.15) is 15.9 Å². The lowest BCUT2D eigenvalue weighted by atomic mass is 10.3. The van der Waals surface area contributed by atoms with Gasteiger partial charge in [-0.3, -0.25) is 0 Å². The first-order chi connectivity index (χ1) is 9.10. The highest BCUT2D eigenvalue weighted by molar-refractivity contribution is 7.89. The van der Waals surface area contributed by atoms with Crippen LogP contribution in [0.15, 0.2) is 23.1 Å². The molecule has 1 atom stereocenters. The molecule has 6 nitrogen and oxygen atoms in total. The Balaban J connectivity index is 0.00000147. The molecule has 20 heavy (non-hydrogen) atoms. The van der Waals surface area contributed by atoms with E-state index < -0.39 is 10.0 Å². The minimum Gasteiger partial charge on any atom is -0.314 e. The molecule has 0 bridgehead atoms. The second-order valence-corrected chi connectivity index (χ2v) is 6.94. The Morgan fingerprint density at radius 3 is 2.95 bits per heavy atom. The second-order valence-electron chi connectivity index (χ2n) is 4.56. The van der Waals surface area contributed by atoms with Crippen molar-refractivity contribution in [3.63, 3.8) is 0 Å². The van der Waals surface area contributed by atoms with Gasteiger partial charge in [-0.25, -0.2) is 8.42 Å². The molecule has 1 N–H and O–H groups in total. The number of halogens is 1. The van der Waals surface area contributed by atoms with Crippen molar-refractivity contribution in [1.29, 1.82) is 0 Å².